The summed E-state index contributed by atoms with van der Waals surface area (Å²) in [5.41, 5.74) is 5.94. The summed E-state index contributed by atoms with van der Waals surface area (Å²) in [5.74, 6) is -0.0862. The van der Waals surface area contributed by atoms with Gasteiger partial charge in [0.2, 0.25) is 5.91 Å². The lowest BCUT2D eigenvalue weighted by Gasteiger charge is -2.21. The molecule has 104 valence electrons. The Balaban J connectivity index is 2.45. The average molecular weight is 265 g/mol. The summed E-state index contributed by atoms with van der Waals surface area (Å²) in [6.45, 7) is 4.35. The summed E-state index contributed by atoms with van der Waals surface area (Å²) in [6, 6.07) is 6.30. The maximum atomic E-state index is 11.7. The molecular weight excluding hydrogens is 246 g/mol. The third kappa shape index (κ3) is 4.33. The van der Waals surface area contributed by atoms with Gasteiger partial charge in [0.1, 0.15) is 0 Å². The maximum Gasteiger partial charge on any atom is 0.269 e. The number of nitrogens with zero attached hydrogens (tertiary/aromatic N) is 1. The standard InChI is InChI=1S/C13H19N3O3/c1-13(2,9-14)12(17)15-8-7-10-3-5-11(6-4-10)16(18)19/h3-6H,7-9,14H2,1-2H3,(H,15,17). The van der Waals surface area contributed by atoms with Gasteiger partial charge in [0, 0.05) is 25.2 Å². The third-order valence-corrected chi connectivity index (χ3v) is 2.97. The van der Waals surface area contributed by atoms with Gasteiger partial charge >= 0.3 is 0 Å². The van der Waals surface area contributed by atoms with Crippen LogP contribution >= 0.6 is 0 Å². The van der Waals surface area contributed by atoms with Crippen molar-refractivity contribution in [3.05, 3.63) is 39.9 Å². The molecule has 6 nitrogen and oxygen atoms in total. The normalized spacial score (nSPS) is 11.1. The Morgan fingerprint density at radius 1 is 1.37 bits per heavy atom. The van der Waals surface area contributed by atoms with Crippen molar-refractivity contribution < 1.29 is 9.72 Å². The molecule has 0 bridgehead atoms. The molecule has 0 unspecified atom stereocenters. The summed E-state index contributed by atoms with van der Waals surface area (Å²) < 4.78 is 0. The second-order valence-corrected chi connectivity index (χ2v) is 5.02. The van der Waals surface area contributed by atoms with Crippen LogP contribution in [0, 0.1) is 15.5 Å². The van der Waals surface area contributed by atoms with E-state index in [1.807, 2.05) is 0 Å². The van der Waals surface area contributed by atoms with Crippen molar-refractivity contribution in [2.75, 3.05) is 13.1 Å². The van der Waals surface area contributed by atoms with E-state index >= 15 is 0 Å². The fraction of sp³-hybridized carbons (Fsp3) is 0.462. The molecule has 1 aromatic carbocycles. The molecule has 0 saturated carbocycles. The van der Waals surface area contributed by atoms with Crippen LogP contribution in [0.15, 0.2) is 24.3 Å². The van der Waals surface area contributed by atoms with Crippen molar-refractivity contribution in [1.29, 1.82) is 0 Å². The van der Waals surface area contributed by atoms with Gasteiger partial charge in [0.15, 0.2) is 0 Å². The van der Waals surface area contributed by atoms with Crippen LogP contribution in [0.4, 0.5) is 5.69 Å². The Labute approximate surface area is 112 Å². The van der Waals surface area contributed by atoms with Crippen molar-refractivity contribution in [3.63, 3.8) is 0 Å². The minimum absolute atomic E-state index is 0.0667. The van der Waals surface area contributed by atoms with Crippen molar-refractivity contribution in [1.82, 2.24) is 5.32 Å². The molecule has 0 aliphatic carbocycles. The number of rotatable bonds is 6. The summed E-state index contributed by atoms with van der Waals surface area (Å²) in [7, 11) is 0. The van der Waals surface area contributed by atoms with Gasteiger partial charge < -0.3 is 11.1 Å². The summed E-state index contributed by atoms with van der Waals surface area (Å²) >= 11 is 0. The Hall–Kier alpha value is -1.95. The number of carbonyl (C=O) groups is 1. The zero-order chi connectivity index (χ0) is 14.5. The minimum atomic E-state index is -0.574. The van der Waals surface area contributed by atoms with Crippen LogP contribution in [0.3, 0.4) is 0 Å². The Bertz CT molecular complexity index is 455. The zero-order valence-corrected chi connectivity index (χ0v) is 11.2. The number of benzene rings is 1. The highest BCUT2D eigenvalue weighted by molar-refractivity contribution is 5.82. The highest BCUT2D eigenvalue weighted by Crippen LogP contribution is 2.13. The van der Waals surface area contributed by atoms with E-state index in [1.165, 1.54) is 12.1 Å². The fourth-order valence-corrected chi connectivity index (χ4v) is 1.44. The lowest BCUT2D eigenvalue weighted by Crippen LogP contribution is -2.42. The Kier molecular flexibility index (Phi) is 5.00. The number of non-ortho nitro benzene ring substituents is 1. The lowest BCUT2D eigenvalue weighted by atomic mass is 9.92. The summed E-state index contributed by atoms with van der Waals surface area (Å²) in [5, 5.41) is 13.3. The molecule has 0 aromatic heterocycles. The van der Waals surface area contributed by atoms with Gasteiger partial charge in [-0.05, 0) is 25.8 Å². The quantitative estimate of drug-likeness (QED) is 0.597. The Morgan fingerprint density at radius 2 is 1.95 bits per heavy atom. The number of amides is 1. The first kappa shape index (κ1) is 15.1. The number of nitrogens with two attached hydrogens (primary N) is 1. The number of hydrogen-bond acceptors (Lipinski definition) is 4. The van der Waals surface area contributed by atoms with Gasteiger partial charge in [-0.3, -0.25) is 14.9 Å². The molecule has 0 spiro atoms. The number of nitro benzene ring substituents is 1. The second-order valence-electron chi connectivity index (χ2n) is 5.02. The monoisotopic (exact) mass is 265 g/mol. The number of hydrogen-bond donors (Lipinski definition) is 2. The highest BCUT2D eigenvalue weighted by atomic mass is 16.6. The first-order chi connectivity index (χ1) is 8.86. The Morgan fingerprint density at radius 3 is 2.42 bits per heavy atom. The van der Waals surface area contributed by atoms with E-state index in [-0.39, 0.29) is 18.1 Å². The second kappa shape index (κ2) is 6.29. The van der Waals surface area contributed by atoms with E-state index in [4.69, 9.17) is 5.73 Å². The van der Waals surface area contributed by atoms with Gasteiger partial charge in [0.25, 0.3) is 5.69 Å². The maximum absolute atomic E-state index is 11.7. The van der Waals surface area contributed by atoms with Crippen LogP contribution in [0.5, 0.6) is 0 Å². The fourth-order valence-electron chi connectivity index (χ4n) is 1.44. The molecule has 1 amide bonds. The van der Waals surface area contributed by atoms with Crippen LogP contribution in [0.25, 0.3) is 0 Å². The molecule has 3 N–H and O–H groups in total. The third-order valence-electron chi connectivity index (χ3n) is 2.97. The van der Waals surface area contributed by atoms with E-state index in [2.05, 4.69) is 5.32 Å². The van der Waals surface area contributed by atoms with Crippen LogP contribution in [-0.2, 0) is 11.2 Å². The molecule has 0 heterocycles. The molecule has 0 radical (unpaired) electrons. The van der Waals surface area contributed by atoms with Crippen LogP contribution in [0.1, 0.15) is 19.4 Å². The van der Waals surface area contributed by atoms with Gasteiger partial charge in [-0.1, -0.05) is 12.1 Å². The van der Waals surface area contributed by atoms with Gasteiger partial charge in [-0.25, -0.2) is 0 Å². The molecule has 0 aliphatic heterocycles. The molecule has 0 saturated heterocycles. The smallest absolute Gasteiger partial charge is 0.269 e. The lowest BCUT2D eigenvalue weighted by molar-refractivity contribution is -0.384. The predicted molar refractivity (Wildman–Crippen MR) is 72.6 cm³/mol. The highest BCUT2D eigenvalue weighted by Gasteiger charge is 2.24. The van der Waals surface area contributed by atoms with Crippen LogP contribution < -0.4 is 11.1 Å². The molecule has 1 aromatic rings. The first-order valence-corrected chi connectivity index (χ1v) is 6.08. The summed E-state index contributed by atoms with van der Waals surface area (Å²) in [4.78, 5) is 21.8. The predicted octanol–water partition coefficient (Wildman–Crippen LogP) is 1.24. The van der Waals surface area contributed by atoms with Gasteiger partial charge in [-0.2, -0.15) is 0 Å². The SMILES string of the molecule is CC(C)(CN)C(=O)NCCc1ccc([N+](=O)[O-])cc1. The zero-order valence-electron chi connectivity index (χ0n) is 11.2. The van der Waals surface area contributed by atoms with Crippen molar-refractivity contribution in [2.45, 2.75) is 20.3 Å². The van der Waals surface area contributed by atoms with Gasteiger partial charge in [0.05, 0.1) is 10.3 Å². The van der Waals surface area contributed by atoms with E-state index < -0.39 is 10.3 Å². The van der Waals surface area contributed by atoms with Gasteiger partial charge in [-0.15, -0.1) is 0 Å². The van der Waals surface area contributed by atoms with Crippen molar-refractivity contribution >= 4 is 11.6 Å². The van der Waals surface area contributed by atoms with E-state index in [9.17, 15) is 14.9 Å². The molecule has 0 aliphatic rings. The minimum Gasteiger partial charge on any atom is -0.355 e. The largest absolute Gasteiger partial charge is 0.355 e. The molecule has 19 heavy (non-hydrogen) atoms. The number of nitrogens with one attached hydrogen (secondary N) is 1. The van der Waals surface area contributed by atoms with Crippen LogP contribution in [-0.4, -0.2) is 23.9 Å². The first-order valence-electron chi connectivity index (χ1n) is 6.08. The summed E-state index contributed by atoms with van der Waals surface area (Å²) in [6.07, 6.45) is 0.629. The topological polar surface area (TPSA) is 98.3 Å². The molecular formula is C13H19N3O3. The molecule has 0 fully saturated rings. The molecule has 6 heteroatoms. The molecule has 0 atom stereocenters. The van der Waals surface area contributed by atoms with Crippen molar-refractivity contribution in [3.8, 4) is 0 Å². The van der Waals surface area contributed by atoms with E-state index in [1.54, 1.807) is 26.0 Å². The average Bonchev–Trinajstić information content (AvgIpc) is 2.39. The molecule has 1 rings (SSSR count). The van der Waals surface area contributed by atoms with Crippen molar-refractivity contribution in [2.24, 2.45) is 11.1 Å². The number of nitro groups is 1. The van der Waals surface area contributed by atoms with E-state index in [0.717, 1.165) is 5.56 Å². The number of carbonyl (C=O) groups excluding carboxylic acids is 1. The van der Waals surface area contributed by atoms with E-state index in [0.29, 0.717) is 13.0 Å². The van der Waals surface area contributed by atoms with Crippen LogP contribution in [0.2, 0.25) is 0 Å².